The molecule has 1 N–H and O–H groups in total. The van der Waals surface area contributed by atoms with Gasteiger partial charge in [-0.05, 0) is 12.8 Å². The summed E-state index contributed by atoms with van der Waals surface area (Å²) in [4.78, 5) is -1.65. The van der Waals surface area contributed by atoms with Crippen molar-refractivity contribution in [2.45, 2.75) is 28.7 Å². The molecule has 2 aliphatic carbocycles. The van der Waals surface area contributed by atoms with Crippen LogP contribution in [-0.2, 0) is 0 Å². The smallest absolute Gasteiger partial charge is 0.109 e. The lowest BCUT2D eigenvalue weighted by Crippen LogP contribution is -2.32. The van der Waals surface area contributed by atoms with Crippen molar-refractivity contribution in [2.75, 3.05) is 0 Å². The van der Waals surface area contributed by atoms with Gasteiger partial charge in [-0.3, -0.25) is 0 Å². The molecule has 3 atom stereocenters. The van der Waals surface area contributed by atoms with Crippen molar-refractivity contribution in [2.24, 2.45) is 0 Å². The summed E-state index contributed by atoms with van der Waals surface area (Å²) in [5.41, 5.74) is 0. The topological polar surface area (TPSA) is 20.2 Å². The number of alkyl halides is 2. The number of aliphatic hydroxyl groups is 1. The second-order valence-electron chi connectivity index (χ2n) is 3.35. The van der Waals surface area contributed by atoms with Gasteiger partial charge in [-0.2, -0.15) is 0 Å². The highest BCUT2D eigenvalue weighted by atomic mass is 35.5. The Bertz CT molecular complexity index is 277. The van der Waals surface area contributed by atoms with Crippen molar-refractivity contribution in [1.29, 1.82) is 0 Å². The summed E-state index contributed by atoms with van der Waals surface area (Å²) in [6.07, 6.45) is 0.112. The van der Waals surface area contributed by atoms with Gasteiger partial charge in [-0.25, -0.2) is 0 Å². The zero-order chi connectivity index (χ0) is 9.15. The van der Waals surface area contributed by atoms with Crippen molar-refractivity contribution in [3.63, 3.8) is 0 Å². The molecule has 2 bridgehead atoms. The van der Waals surface area contributed by atoms with Crippen LogP contribution in [-0.4, -0.2) is 21.0 Å². The van der Waals surface area contributed by atoms with Gasteiger partial charge in [0.2, 0.25) is 0 Å². The molecule has 2 aliphatic rings. The summed E-state index contributed by atoms with van der Waals surface area (Å²) in [5, 5.41) is 10.2. The van der Waals surface area contributed by atoms with Crippen LogP contribution in [0.4, 0.5) is 0 Å². The molecule has 5 heteroatoms. The standard InChI is InChI=1S/C7H6Cl4O/c8-4-5(9)7(11)2-6(4,10)1-3(7)12/h3,12H,1-2H2. The lowest BCUT2D eigenvalue weighted by Gasteiger charge is -2.25. The first-order valence-electron chi connectivity index (χ1n) is 3.52. The first kappa shape index (κ1) is 9.42. The van der Waals surface area contributed by atoms with Crippen LogP contribution >= 0.6 is 46.4 Å². The molecule has 0 heterocycles. The Balaban J connectivity index is 2.54. The Morgan fingerprint density at radius 3 is 2.17 bits per heavy atom. The predicted molar refractivity (Wildman–Crippen MR) is 51.1 cm³/mol. The van der Waals surface area contributed by atoms with E-state index >= 15 is 0 Å². The van der Waals surface area contributed by atoms with Crippen molar-refractivity contribution in [1.82, 2.24) is 0 Å². The zero-order valence-corrected chi connectivity index (χ0v) is 8.97. The number of halogens is 4. The fraction of sp³-hybridized carbons (Fsp3) is 0.714. The maximum atomic E-state index is 9.54. The lowest BCUT2D eigenvalue weighted by atomic mass is 10.0. The second kappa shape index (κ2) is 2.46. The fourth-order valence-corrected chi connectivity index (χ4v) is 3.54. The van der Waals surface area contributed by atoms with Gasteiger partial charge in [0, 0.05) is 0 Å². The van der Waals surface area contributed by atoms with Gasteiger partial charge in [-0.15, -0.1) is 23.2 Å². The van der Waals surface area contributed by atoms with Gasteiger partial charge in [0.1, 0.15) is 4.87 Å². The summed E-state index contributed by atoms with van der Waals surface area (Å²) >= 11 is 23.9. The molecule has 1 saturated carbocycles. The van der Waals surface area contributed by atoms with E-state index in [1.165, 1.54) is 0 Å². The van der Waals surface area contributed by atoms with E-state index in [0.29, 0.717) is 22.9 Å². The maximum Gasteiger partial charge on any atom is 0.109 e. The van der Waals surface area contributed by atoms with E-state index in [-0.39, 0.29) is 0 Å². The minimum absolute atomic E-state index is 0.305. The minimum Gasteiger partial charge on any atom is -0.391 e. The molecule has 0 aromatic carbocycles. The van der Waals surface area contributed by atoms with E-state index in [2.05, 4.69) is 0 Å². The van der Waals surface area contributed by atoms with Crippen molar-refractivity contribution in [3.05, 3.63) is 10.1 Å². The average Bonchev–Trinajstić information content (AvgIpc) is 2.29. The third-order valence-corrected chi connectivity index (χ3v) is 4.95. The highest BCUT2D eigenvalue weighted by molar-refractivity contribution is 6.51. The zero-order valence-electron chi connectivity index (χ0n) is 5.95. The molecule has 0 aromatic heterocycles. The van der Waals surface area contributed by atoms with E-state index in [1.807, 2.05) is 0 Å². The molecule has 12 heavy (non-hydrogen) atoms. The van der Waals surface area contributed by atoms with Crippen LogP contribution in [0.3, 0.4) is 0 Å². The molecule has 0 amide bonds. The van der Waals surface area contributed by atoms with Gasteiger partial charge in [-0.1, -0.05) is 23.2 Å². The average molecular weight is 248 g/mol. The number of allylic oxidation sites excluding steroid dienone is 1. The van der Waals surface area contributed by atoms with E-state index < -0.39 is 15.9 Å². The summed E-state index contributed by atoms with van der Waals surface area (Å²) < 4.78 is 0. The van der Waals surface area contributed by atoms with Crippen LogP contribution in [0.25, 0.3) is 0 Å². The molecular formula is C7H6Cl4O. The Labute approximate surface area is 90.2 Å². The third-order valence-electron chi connectivity index (χ3n) is 2.53. The van der Waals surface area contributed by atoms with E-state index in [4.69, 9.17) is 46.4 Å². The first-order valence-corrected chi connectivity index (χ1v) is 5.03. The molecule has 0 radical (unpaired) electrons. The Morgan fingerprint density at radius 2 is 1.83 bits per heavy atom. The van der Waals surface area contributed by atoms with Gasteiger partial charge in [0.25, 0.3) is 0 Å². The number of hydrogen-bond acceptors (Lipinski definition) is 1. The summed E-state index contributed by atoms with van der Waals surface area (Å²) in [6.45, 7) is 0. The first-order chi connectivity index (χ1) is 5.40. The molecule has 0 aliphatic heterocycles. The molecule has 0 saturated heterocycles. The highest BCUT2D eigenvalue weighted by Crippen LogP contribution is 2.62. The van der Waals surface area contributed by atoms with E-state index in [0.717, 1.165) is 0 Å². The van der Waals surface area contributed by atoms with Crippen LogP contribution < -0.4 is 0 Å². The van der Waals surface area contributed by atoms with Crippen molar-refractivity contribution in [3.8, 4) is 0 Å². The molecule has 0 aromatic rings. The number of rotatable bonds is 0. The van der Waals surface area contributed by atoms with Gasteiger partial charge >= 0.3 is 0 Å². The Kier molecular flexibility index (Phi) is 1.93. The molecule has 1 nitrogen and oxygen atoms in total. The maximum absolute atomic E-state index is 9.54. The van der Waals surface area contributed by atoms with Gasteiger partial charge in [0.15, 0.2) is 0 Å². The molecule has 0 spiro atoms. The van der Waals surface area contributed by atoms with Crippen LogP contribution in [0.2, 0.25) is 0 Å². The third kappa shape index (κ3) is 0.921. The largest absolute Gasteiger partial charge is 0.391 e. The van der Waals surface area contributed by atoms with Crippen LogP contribution in [0.1, 0.15) is 12.8 Å². The fourth-order valence-electron chi connectivity index (χ4n) is 1.84. The molecule has 3 unspecified atom stereocenters. The van der Waals surface area contributed by atoms with E-state index in [9.17, 15) is 5.11 Å². The minimum atomic E-state index is -0.930. The highest BCUT2D eigenvalue weighted by Gasteiger charge is 2.62. The normalized spacial score (nSPS) is 52.2. The van der Waals surface area contributed by atoms with Crippen molar-refractivity contribution < 1.29 is 5.11 Å². The van der Waals surface area contributed by atoms with Crippen molar-refractivity contribution >= 4 is 46.4 Å². The van der Waals surface area contributed by atoms with Crippen LogP contribution in [0.15, 0.2) is 10.1 Å². The Morgan fingerprint density at radius 1 is 1.25 bits per heavy atom. The number of aliphatic hydroxyl groups excluding tert-OH is 1. The Hall–Kier alpha value is 0.860. The second-order valence-corrected chi connectivity index (χ2v) is 5.51. The van der Waals surface area contributed by atoms with Gasteiger partial charge < -0.3 is 5.11 Å². The van der Waals surface area contributed by atoms with Gasteiger partial charge in [0.05, 0.1) is 21.0 Å². The molecule has 1 fully saturated rings. The molecule has 68 valence electrons. The van der Waals surface area contributed by atoms with Crippen LogP contribution in [0.5, 0.6) is 0 Å². The SMILES string of the molecule is OC1CC2(Cl)CC1(Cl)C(Cl)=C2Cl. The quantitative estimate of drug-likeness (QED) is 0.653. The number of hydrogen-bond donors (Lipinski definition) is 1. The lowest BCUT2D eigenvalue weighted by molar-refractivity contribution is 0.158. The summed E-state index contributed by atoms with van der Waals surface area (Å²) in [6, 6.07) is 0. The number of fused-ring (bicyclic) bond motifs is 2. The molecular weight excluding hydrogens is 242 g/mol. The summed E-state index contributed by atoms with van der Waals surface area (Å²) in [5.74, 6) is 0. The van der Waals surface area contributed by atoms with E-state index in [1.54, 1.807) is 0 Å². The summed E-state index contributed by atoms with van der Waals surface area (Å²) in [7, 11) is 0. The monoisotopic (exact) mass is 246 g/mol. The van der Waals surface area contributed by atoms with Crippen LogP contribution in [0, 0.1) is 0 Å². The molecule has 2 rings (SSSR count). The predicted octanol–water partition coefficient (Wildman–Crippen LogP) is 2.80.